The Hall–Kier alpha value is -3.11. The van der Waals surface area contributed by atoms with E-state index in [0.717, 1.165) is 16.7 Å². The van der Waals surface area contributed by atoms with Gasteiger partial charge in [0.1, 0.15) is 5.75 Å². The molecule has 28 heavy (non-hydrogen) atoms. The molecule has 0 atom stereocenters. The summed E-state index contributed by atoms with van der Waals surface area (Å²) < 4.78 is 11.0. The zero-order valence-electron chi connectivity index (χ0n) is 15.6. The molecule has 4 nitrogen and oxygen atoms in total. The smallest absolute Gasteiger partial charge is 0.258 e. The van der Waals surface area contributed by atoms with E-state index in [1.54, 1.807) is 6.07 Å². The summed E-state index contributed by atoms with van der Waals surface area (Å²) >= 11 is 6.20. The Morgan fingerprint density at radius 3 is 2.18 bits per heavy atom. The highest BCUT2D eigenvalue weighted by molar-refractivity contribution is 6.32. The van der Waals surface area contributed by atoms with Crippen molar-refractivity contribution in [2.24, 2.45) is 0 Å². The van der Waals surface area contributed by atoms with Crippen LogP contribution in [0.4, 0.5) is 0 Å². The van der Waals surface area contributed by atoms with E-state index in [4.69, 9.17) is 20.9 Å². The van der Waals surface area contributed by atoms with Gasteiger partial charge in [-0.05, 0) is 48.7 Å². The average Bonchev–Trinajstić information content (AvgIpc) is 3.17. The Labute approximate surface area is 168 Å². The second-order valence-corrected chi connectivity index (χ2v) is 6.77. The lowest BCUT2D eigenvalue weighted by Crippen LogP contribution is -1.95. The Bertz CT molecular complexity index is 1080. The molecule has 2 aromatic carbocycles. The van der Waals surface area contributed by atoms with Crippen LogP contribution in [0.2, 0.25) is 5.02 Å². The highest BCUT2D eigenvalue weighted by Gasteiger charge is 2.17. The number of aryl methyl sites for hydroxylation is 1. The molecule has 2 aliphatic carbocycles. The van der Waals surface area contributed by atoms with Gasteiger partial charge in [-0.3, -0.25) is 0 Å². The fourth-order valence-corrected chi connectivity index (χ4v) is 3.12. The van der Waals surface area contributed by atoms with Crippen LogP contribution in [0.25, 0.3) is 34.0 Å². The van der Waals surface area contributed by atoms with E-state index in [1.165, 1.54) is 11.1 Å². The Kier molecular flexibility index (Phi) is 5.13. The van der Waals surface area contributed by atoms with Crippen LogP contribution in [-0.4, -0.2) is 16.7 Å². The lowest BCUT2D eigenvalue weighted by atomic mass is 9.95. The molecule has 1 heterocycles. The normalized spacial score (nSPS) is 10.8. The number of aromatic nitrogens is 2. The second kappa shape index (κ2) is 7.87. The molecule has 0 saturated carbocycles. The summed E-state index contributed by atoms with van der Waals surface area (Å²) in [6, 6.07) is 21.8. The topological polar surface area (TPSA) is 48.2 Å². The van der Waals surface area contributed by atoms with Gasteiger partial charge < -0.3 is 9.26 Å². The summed E-state index contributed by atoms with van der Waals surface area (Å²) in [6.07, 6.45) is 0. The van der Waals surface area contributed by atoms with Crippen LogP contribution in [0.1, 0.15) is 12.5 Å². The van der Waals surface area contributed by atoms with Crippen LogP contribution in [0.15, 0.2) is 71.3 Å². The maximum atomic E-state index is 6.20. The number of fused-ring (bicyclic) bond motifs is 1. The van der Waals surface area contributed by atoms with Gasteiger partial charge in [-0.15, -0.1) is 0 Å². The van der Waals surface area contributed by atoms with Crippen LogP contribution in [0.3, 0.4) is 0 Å². The first-order valence-electron chi connectivity index (χ1n) is 9.09. The molecule has 1 aromatic heterocycles. The van der Waals surface area contributed by atoms with Crippen molar-refractivity contribution in [3.63, 3.8) is 0 Å². The molecule has 140 valence electrons. The van der Waals surface area contributed by atoms with E-state index in [1.807, 2.05) is 50.2 Å². The zero-order chi connectivity index (χ0) is 19.5. The SMILES string of the molecule is CCOc1c(Cl)cccc1-c1noc(-c2ccccc2C)n1.c1cc2ccc1-2. The maximum Gasteiger partial charge on any atom is 0.258 e. The molecule has 0 aliphatic heterocycles. The first kappa shape index (κ1) is 18.3. The standard InChI is InChI=1S/C17H15ClN2O2.C6H4/c1-3-21-15-13(9-6-10-14(15)18)16-19-17(22-20-16)12-8-5-4-7-11(12)2;1-2-6-4-3-5(1)6/h4-10H,3H2,1-2H3;1-4H. The van der Waals surface area contributed by atoms with Gasteiger partial charge in [-0.25, -0.2) is 0 Å². The molecule has 0 bridgehead atoms. The third kappa shape index (κ3) is 3.51. The predicted molar refractivity (Wildman–Crippen MR) is 112 cm³/mol. The summed E-state index contributed by atoms with van der Waals surface area (Å²) in [5.74, 6) is 1.52. The molecule has 5 heteroatoms. The van der Waals surface area contributed by atoms with Crippen molar-refractivity contribution >= 4 is 11.6 Å². The van der Waals surface area contributed by atoms with E-state index < -0.39 is 0 Å². The molecule has 0 fully saturated rings. The van der Waals surface area contributed by atoms with E-state index >= 15 is 0 Å². The van der Waals surface area contributed by atoms with Crippen LogP contribution >= 0.6 is 11.6 Å². The minimum atomic E-state index is 0.462. The number of rotatable bonds is 4. The molecule has 0 spiro atoms. The van der Waals surface area contributed by atoms with Crippen LogP contribution in [0, 0.1) is 6.92 Å². The third-order valence-corrected chi connectivity index (χ3v) is 4.81. The van der Waals surface area contributed by atoms with Crippen molar-refractivity contribution < 1.29 is 9.26 Å². The van der Waals surface area contributed by atoms with E-state index in [2.05, 4.69) is 34.4 Å². The molecule has 2 aliphatic rings. The predicted octanol–water partition coefficient (Wildman–Crippen LogP) is 6.43. The van der Waals surface area contributed by atoms with E-state index in [-0.39, 0.29) is 0 Å². The number of benzene rings is 3. The van der Waals surface area contributed by atoms with Gasteiger partial charge in [0.05, 0.1) is 17.2 Å². The Morgan fingerprint density at radius 1 is 0.893 bits per heavy atom. The molecule has 0 radical (unpaired) electrons. The van der Waals surface area contributed by atoms with Crippen molar-refractivity contribution in [1.82, 2.24) is 10.1 Å². The van der Waals surface area contributed by atoms with Crippen molar-refractivity contribution in [3.8, 4) is 39.7 Å². The molecule has 0 N–H and O–H groups in total. The summed E-state index contributed by atoms with van der Waals surface area (Å²) in [4.78, 5) is 4.48. The summed E-state index contributed by atoms with van der Waals surface area (Å²) in [5.41, 5.74) is 5.57. The van der Waals surface area contributed by atoms with Gasteiger partial charge in [0, 0.05) is 5.56 Å². The highest BCUT2D eigenvalue weighted by Crippen LogP contribution is 2.36. The maximum absolute atomic E-state index is 6.20. The van der Waals surface area contributed by atoms with E-state index in [0.29, 0.717) is 29.1 Å². The summed E-state index contributed by atoms with van der Waals surface area (Å²) in [7, 11) is 0. The molecular formula is C23H19ClN2O2. The van der Waals surface area contributed by atoms with Crippen LogP contribution in [0.5, 0.6) is 5.75 Å². The summed E-state index contributed by atoms with van der Waals surface area (Å²) in [6.45, 7) is 4.42. The largest absolute Gasteiger partial charge is 0.492 e. The average molecular weight is 391 g/mol. The van der Waals surface area contributed by atoms with Gasteiger partial charge in [0.2, 0.25) is 5.82 Å². The van der Waals surface area contributed by atoms with Gasteiger partial charge >= 0.3 is 0 Å². The number of hydrogen-bond donors (Lipinski definition) is 0. The van der Waals surface area contributed by atoms with Crippen molar-refractivity contribution in [2.75, 3.05) is 6.61 Å². The lowest BCUT2D eigenvalue weighted by molar-refractivity contribution is 0.341. The zero-order valence-corrected chi connectivity index (χ0v) is 16.4. The van der Waals surface area contributed by atoms with Crippen molar-refractivity contribution in [1.29, 1.82) is 0 Å². The van der Waals surface area contributed by atoms with Gasteiger partial charge in [0.25, 0.3) is 5.89 Å². The minimum absolute atomic E-state index is 0.462. The molecular weight excluding hydrogens is 372 g/mol. The van der Waals surface area contributed by atoms with Gasteiger partial charge in [-0.1, -0.05) is 65.3 Å². The number of ether oxygens (including phenoxy) is 1. The first-order valence-corrected chi connectivity index (χ1v) is 9.47. The van der Waals surface area contributed by atoms with Gasteiger partial charge in [0.15, 0.2) is 0 Å². The minimum Gasteiger partial charge on any atom is -0.492 e. The second-order valence-electron chi connectivity index (χ2n) is 6.36. The van der Waals surface area contributed by atoms with Crippen LogP contribution in [-0.2, 0) is 0 Å². The molecule has 3 aromatic rings. The van der Waals surface area contributed by atoms with Crippen molar-refractivity contribution in [2.45, 2.75) is 13.8 Å². The molecule has 0 amide bonds. The highest BCUT2D eigenvalue weighted by atomic mass is 35.5. The number of halogens is 1. The molecule has 0 saturated heterocycles. The number of nitrogens with zero attached hydrogens (tertiary/aromatic N) is 2. The number of para-hydroxylation sites is 1. The monoisotopic (exact) mass is 390 g/mol. The lowest BCUT2D eigenvalue weighted by Gasteiger charge is -2.10. The fraction of sp³-hybridized carbons (Fsp3) is 0.130. The summed E-state index contributed by atoms with van der Waals surface area (Å²) in [5, 5.41) is 4.59. The molecule has 5 rings (SSSR count). The Balaban J connectivity index is 0.000000268. The van der Waals surface area contributed by atoms with E-state index in [9.17, 15) is 0 Å². The fourth-order valence-electron chi connectivity index (χ4n) is 2.89. The quantitative estimate of drug-likeness (QED) is 0.354. The van der Waals surface area contributed by atoms with Crippen molar-refractivity contribution in [3.05, 3.63) is 77.3 Å². The van der Waals surface area contributed by atoms with Crippen LogP contribution < -0.4 is 4.74 Å². The third-order valence-electron chi connectivity index (χ3n) is 4.52. The number of hydrogen-bond acceptors (Lipinski definition) is 4. The van der Waals surface area contributed by atoms with Gasteiger partial charge in [-0.2, -0.15) is 4.98 Å². The first-order chi connectivity index (χ1) is 13.7. The Morgan fingerprint density at radius 2 is 1.57 bits per heavy atom. The molecule has 0 unspecified atom stereocenters.